The summed E-state index contributed by atoms with van der Waals surface area (Å²) in [5.41, 5.74) is 6.40. The van der Waals surface area contributed by atoms with Gasteiger partial charge in [0.05, 0.1) is 6.04 Å². The molecule has 1 aliphatic rings. The van der Waals surface area contributed by atoms with Gasteiger partial charge in [-0.05, 0) is 42.9 Å². The second kappa shape index (κ2) is 12.6. The number of likely N-dealkylation sites (tertiary alicyclic amines) is 1. The third-order valence-electron chi connectivity index (χ3n) is 5.69. The molecule has 0 aliphatic carbocycles. The minimum atomic E-state index is -1.09. The van der Waals surface area contributed by atoms with E-state index >= 15 is 0 Å². The molecule has 188 valence electrons. The first-order chi connectivity index (χ1) is 16.0. The van der Waals surface area contributed by atoms with E-state index in [-0.39, 0.29) is 30.4 Å². The first-order valence-corrected chi connectivity index (χ1v) is 11.9. The van der Waals surface area contributed by atoms with Crippen LogP contribution in [0.1, 0.15) is 38.7 Å². The van der Waals surface area contributed by atoms with Gasteiger partial charge in [-0.15, -0.1) is 0 Å². The lowest BCUT2D eigenvalue weighted by Gasteiger charge is -2.29. The van der Waals surface area contributed by atoms with Gasteiger partial charge in [0.15, 0.2) is 0 Å². The van der Waals surface area contributed by atoms with Crippen molar-refractivity contribution in [3.05, 3.63) is 29.8 Å². The van der Waals surface area contributed by atoms with Crippen molar-refractivity contribution in [2.45, 2.75) is 63.7 Å². The van der Waals surface area contributed by atoms with Crippen LogP contribution in [0.4, 0.5) is 0 Å². The maximum atomic E-state index is 13.4. The van der Waals surface area contributed by atoms with E-state index in [2.05, 4.69) is 23.3 Å². The molecule has 34 heavy (non-hydrogen) atoms. The van der Waals surface area contributed by atoms with Crippen LogP contribution in [0.25, 0.3) is 0 Å². The monoisotopic (exact) mass is 494 g/mol. The topological polar surface area (TPSA) is 162 Å². The number of carboxylic acids is 1. The number of aromatic hydroxyl groups is 1. The quantitative estimate of drug-likeness (QED) is 0.241. The number of benzene rings is 1. The molecule has 1 aromatic carbocycles. The summed E-state index contributed by atoms with van der Waals surface area (Å²) >= 11 is 4.02. The number of carbonyl (C=O) groups excluding carboxylic acids is 3. The van der Waals surface area contributed by atoms with Crippen LogP contribution in [-0.2, 0) is 25.6 Å². The van der Waals surface area contributed by atoms with Crippen LogP contribution in [0.2, 0.25) is 0 Å². The number of nitrogens with one attached hydrogen (secondary N) is 2. The number of carboxylic acid groups (broad SMARTS) is 1. The zero-order valence-electron chi connectivity index (χ0n) is 19.4. The number of phenols is 1. The van der Waals surface area contributed by atoms with Gasteiger partial charge in [-0.2, -0.15) is 12.6 Å². The van der Waals surface area contributed by atoms with Crippen molar-refractivity contribution in [2.75, 3.05) is 12.3 Å². The standard InChI is InChI=1S/C23H34N4O6S/c1-13(2)10-17(25-20(29)16(24)12-34)21(30)26-18(11-14-5-7-15(28)8-6-14)22(31)27-9-3-4-19(27)23(32)33/h5-8,13,16-19,28,34H,3-4,9-12,24H2,1-2H3,(H,25,29)(H,26,30)(H,32,33). The molecule has 1 fully saturated rings. The maximum absolute atomic E-state index is 13.4. The summed E-state index contributed by atoms with van der Waals surface area (Å²) in [5.74, 6) is -2.46. The Bertz CT molecular complexity index is 879. The summed E-state index contributed by atoms with van der Waals surface area (Å²) in [7, 11) is 0. The second-order valence-corrected chi connectivity index (χ2v) is 9.30. The predicted octanol–water partition coefficient (Wildman–Crippen LogP) is 0.283. The van der Waals surface area contributed by atoms with Gasteiger partial charge in [0, 0.05) is 18.7 Å². The molecule has 3 amide bonds. The van der Waals surface area contributed by atoms with Crippen LogP contribution in [0.15, 0.2) is 24.3 Å². The molecule has 4 atom stereocenters. The third kappa shape index (κ3) is 7.63. The molecule has 1 heterocycles. The summed E-state index contributed by atoms with van der Waals surface area (Å²) in [5, 5.41) is 24.4. The highest BCUT2D eigenvalue weighted by molar-refractivity contribution is 7.80. The molecule has 1 aromatic rings. The molecule has 0 spiro atoms. The number of hydrogen-bond donors (Lipinski definition) is 6. The molecular formula is C23H34N4O6S. The van der Waals surface area contributed by atoms with Crippen molar-refractivity contribution in [1.82, 2.24) is 15.5 Å². The van der Waals surface area contributed by atoms with E-state index < -0.39 is 47.9 Å². The van der Waals surface area contributed by atoms with Crippen molar-refractivity contribution >= 4 is 36.3 Å². The molecule has 10 nitrogen and oxygen atoms in total. The molecule has 0 saturated carbocycles. The summed E-state index contributed by atoms with van der Waals surface area (Å²) in [6.45, 7) is 4.07. The molecule has 2 rings (SSSR count). The average molecular weight is 495 g/mol. The number of amides is 3. The minimum Gasteiger partial charge on any atom is -0.508 e. The lowest BCUT2D eigenvalue weighted by molar-refractivity contribution is -0.149. The van der Waals surface area contributed by atoms with Crippen molar-refractivity contribution in [2.24, 2.45) is 11.7 Å². The van der Waals surface area contributed by atoms with E-state index in [1.54, 1.807) is 12.1 Å². The van der Waals surface area contributed by atoms with Crippen LogP contribution in [-0.4, -0.2) is 75.3 Å². The number of nitrogens with zero attached hydrogens (tertiary/aromatic N) is 1. The Morgan fingerprint density at radius 2 is 1.74 bits per heavy atom. The van der Waals surface area contributed by atoms with Crippen LogP contribution < -0.4 is 16.4 Å². The van der Waals surface area contributed by atoms with E-state index in [0.717, 1.165) is 0 Å². The van der Waals surface area contributed by atoms with E-state index in [1.165, 1.54) is 17.0 Å². The van der Waals surface area contributed by atoms with Crippen molar-refractivity contribution in [1.29, 1.82) is 0 Å². The first-order valence-electron chi connectivity index (χ1n) is 11.3. The van der Waals surface area contributed by atoms with Gasteiger partial charge in [0.1, 0.15) is 23.9 Å². The van der Waals surface area contributed by atoms with Gasteiger partial charge in [0.25, 0.3) is 0 Å². The first kappa shape index (κ1) is 27.5. The van der Waals surface area contributed by atoms with Gasteiger partial charge < -0.3 is 31.5 Å². The number of aliphatic carboxylic acids is 1. The number of carbonyl (C=O) groups is 4. The van der Waals surface area contributed by atoms with Gasteiger partial charge >= 0.3 is 5.97 Å². The number of rotatable bonds is 11. The Labute approximate surface area is 204 Å². The molecular weight excluding hydrogens is 460 g/mol. The molecule has 0 radical (unpaired) electrons. The highest BCUT2D eigenvalue weighted by Crippen LogP contribution is 2.20. The average Bonchev–Trinajstić information content (AvgIpc) is 3.28. The van der Waals surface area contributed by atoms with E-state index in [0.29, 0.717) is 24.8 Å². The maximum Gasteiger partial charge on any atom is 0.326 e. The zero-order chi connectivity index (χ0) is 25.4. The van der Waals surface area contributed by atoms with E-state index in [9.17, 15) is 29.4 Å². The summed E-state index contributed by atoms with van der Waals surface area (Å²) in [4.78, 5) is 51.8. The van der Waals surface area contributed by atoms with Crippen molar-refractivity contribution < 1.29 is 29.4 Å². The van der Waals surface area contributed by atoms with Gasteiger partial charge in [0.2, 0.25) is 17.7 Å². The van der Waals surface area contributed by atoms with Crippen LogP contribution in [0.3, 0.4) is 0 Å². The van der Waals surface area contributed by atoms with Crippen LogP contribution in [0.5, 0.6) is 5.75 Å². The van der Waals surface area contributed by atoms with Crippen molar-refractivity contribution in [3.63, 3.8) is 0 Å². The number of thiol groups is 1. The molecule has 1 aliphatic heterocycles. The normalized spacial score (nSPS) is 18.3. The van der Waals surface area contributed by atoms with Gasteiger partial charge in [-0.3, -0.25) is 14.4 Å². The largest absolute Gasteiger partial charge is 0.508 e. The molecule has 4 unspecified atom stereocenters. The van der Waals surface area contributed by atoms with Gasteiger partial charge in [-0.1, -0.05) is 26.0 Å². The second-order valence-electron chi connectivity index (χ2n) is 8.94. The molecule has 1 saturated heterocycles. The van der Waals surface area contributed by atoms with Crippen LogP contribution >= 0.6 is 12.6 Å². The predicted molar refractivity (Wildman–Crippen MR) is 129 cm³/mol. The Hall–Kier alpha value is -2.79. The summed E-state index contributed by atoms with van der Waals surface area (Å²) in [6, 6.07) is 2.36. The number of hydrogen-bond acceptors (Lipinski definition) is 7. The number of phenolic OH excluding ortho intramolecular Hbond substituents is 1. The van der Waals surface area contributed by atoms with E-state index in [1.807, 2.05) is 13.8 Å². The lowest BCUT2D eigenvalue weighted by Crippen LogP contribution is -2.58. The van der Waals surface area contributed by atoms with Gasteiger partial charge in [-0.25, -0.2) is 4.79 Å². The molecule has 11 heteroatoms. The summed E-state index contributed by atoms with van der Waals surface area (Å²) < 4.78 is 0. The Kier molecular flexibility index (Phi) is 10.2. The fraction of sp³-hybridized carbons (Fsp3) is 0.565. The molecule has 0 bridgehead atoms. The minimum absolute atomic E-state index is 0.0568. The fourth-order valence-electron chi connectivity index (χ4n) is 3.89. The third-order valence-corrected chi connectivity index (χ3v) is 6.08. The Morgan fingerprint density at radius 3 is 2.29 bits per heavy atom. The molecule has 6 N–H and O–H groups in total. The highest BCUT2D eigenvalue weighted by atomic mass is 32.1. The molecule has 0 aromatic heterocycles. The van der Waals surface area contributed by atoms with Crippen molar-refractivity contribution in [3.8, 4) is 5.75 Å². The highest BCUT2D eigenvalue weighted by Gasteiger charge is 2.38. The Balaban J connectivity index is 2.27. The zero-order valence-corrected chi connectivity index (χ0v) is 20.3. The van der Waals surface area contributed by atoms with E-state index in [4.69, 9.17) is 5.73 Å². The summed E-state index contributed by atoms with van der Waals surface area (Å²) in [6.07, 6.45) is 1.30. The van der Waals surface area contributed by atoms with Crippen LogP contribution in [0, 0.1) is 5.92 Å². The SMILES string of the molecule is CC(C)CC(NC(=O)C(N)CS)C(=O)NC(Cc1ccc(O)cc1)C(=O)N1CCCC1C(=O)O. The number of nitrogens with two attached hydrogens (primary N) is 1. The smallest absolute Gasteiger partial charge is 0.326 e. The fourth-order valence-corrected chi connectivity index (χ4v) is 4.06. The Morgan fingerprint density at radius 1 is 1.12 bits per heavy atom. The lowest BCUT2D eigenvalue weighted by atomic mass is 10.00.